The molecule has 2 rings (SSSR count). The van der Waals surface area contributed by atoms with Gasteiger partial charge in [-0.15, -0.1) is 0 Å². The standard InChI is InChI=1S/C17H26N2O2/c1-21-16-9-5-4-8-15(16)14-18-17(20)10-13-19-11-6-2-3-7-12-19/h4-5,8-9H,2-3,6-7,10-14H2,1H3,(H,18,20). The second-order valence-electron chi connectivity index (χ2n) is 5.59. The van der Waals surface area contributed by atoms with Crippen LogP contribution in [-0.4, -0.2) is 37.6 Å². The van der Waals surface area contributed by atoms with Crippen molar-refractivity contribution in [2.24, 2.45) is 0 Å². The lowest BCUT2D eigenvalue weighted by Gasteiger charge is -2.19. The van der Waals surface area contributed by atoms with E-state index in [1.807, 2.05) is 24.3 Å². The minimum absolute atomic E-state index is 0.116. The minimum Gasteiger partial charge on any atom is -0.496 e. The van der Waals surface area contributed by atoms with Crippen molar-refractivity contribution in [1.29, 1.82) is 0 Å². The predicted molar refractivity (Wildman–Crippen MR) is 84.4 cm³/mol. The van der Waals surface area contributed by atoms with Gasteiger partial charge in [-0.1, -0.05) is 31.0 Å². The fourth-order valence-electron chi connectivity index (χ4n) is 2.75. The topological polar surface area (TPSA) is 41.6 Å². The van der Waals surface area contributed by atoms with Crippen LogP contribution in [0, 0.1) is 0 Å². The molecule has 1 aliphatic rings. The lowest BCUT2D eigenvalue weighted by atomic mass is 10.2. The third kappa shape index (κ3) is 5.38. The van der Waals surface area contributed by atoms with Crippen molar-refractivity contribution >= 4 is 5.91 Å². The van der Waals surface area contributed by atoms with Crippen LogP contribution in [0.15, 0.2) is 24.3 Å². The van der Waals surface area contributed by atoms with Crippen molar-refractivity contribution in [2.45, 2.75) is 38.6 Å². The summed E-state index contributed by atoms with van der Waals surface area (Å²) in [4.78, 5) is 14.4. The molecule has 0 atom stereocenters. The summed E-state index contributed by atoms with van der Waals surface area (Å²) in [5.74, 6) is 0.940. The van der Waals surface area contributed by atoms with E-state index in [1.54, 1.807) is 7.11 Å². The number of hydrogen-bond acceptors (Lipinski definition) is 3. The molecule has 4 heteroatoms. The van der Waals surface area contributed by atoms with Gasteiger partial charge in [-0.2, -0.15) is 0 Å². The summed E-state index contributed by atoms with van der Waals surface area (Å²) in [6.07, 6.45) is 5.77. The van der Waals surface area contributed by atoms with Gasteiger partial charge in [-0.05, 0) is 32.0 Å². The summed E-state index contributed by atoms with van der Waals surface area (Å²) < 4.78 is 5.29. The summed E-state index contributed by atoms with van der Waals surface area (Å²) in [5, 5.41) is 2.98. The average Bonchev–Trinajstić information content (AvgIpc) is 2.80. The Balaban J connectivity index is 1.71. The largest absolute Gasteiger partial charge is 0.496 e. The Kier molecular flexibility index (Phi) is 6.54. The molecule has 1 amide bonds. The average molecular weight is 290 g/mol. The first kappa shape index (κ1) is 15.8. The van der Waals surface area contributed by atoms with Crippen LogP contribution in [0.5, 0.6) is 5.75 Å². The number of benzene rings is 1. The van der Waals surface area contributed by atoms with Crippen molar-refractivity contribution in [3.8, 4) is 5.75 Å². The van der Waals surface area contributed by atoms with Crippen molar-refractivity contribution in [2.75, 3.05) is 26.7 Å². The molecule has 1 aromatic rings. The van der Waals surface area contributed by atoms with Gasteiger partial charge in [0.25, 0.3) is 0 Å². The zero-order valence-corrected chi connectivity index (χ0v) is 12.9. The smallest absolute Gasteiger partial charge is 0.221 e. The predicted octanol–water partition coefficient (Wildman–Crippen LogP) is 2.58. The number of amides is 1. The molecule has 0 saturated carbocycles. The minimum atomic E-state index is 0.116. The van der Waals surface area contributed by atoms with Gasteiger partial charge in [-0.3, -0.25) is 4.79 Å². The Morgan fingerprint density at radius 2 is 1.90 bits per heavy atom. The number of nitrogens with zero attached hydrogens (tertiary/aromatic N) is 1. The molecule has 0 bridgehead atoms. The second-order valence-corrected chi connectivity index (χ2v) is 5.59. The summed E-state index contributed by atoms with van der Waals surface area (Å²) in [6, 6.07) is 7.79. The lowest BCUT2D eigenvalue weighted by molar-refractivity contribution is -0.121. The molecule has 1 aromatic carbocycles. The number of methoxy groups -OCH3 is 1. The van der Waals surface area contributed by atoms with E-state index in [1.165, 1.54) is 25.7 Å². The first-order valence-corrected chi connectivity index (χ1v) is 7.90. The van der Waals surface area contributed by atoms with Crippen LogP contribution < -0.4 is 10.1 Å². The Hall–Kier alpha value is -1.55. The van der Waals surface area contributed by atoms with E-state index < -0.39 is 0 Å². The quantitative estimate of drug-likeness (QED) is 0.875. The highest BCUT2D eigenvalue weighted by molar-refractivity contribution is 5.76. The SMILES string of the molecule is COc1ccccc1CNC(=O)CCN1CCCCCC1. The van der Waals surface area contributed by atoms with Gasteiger partial charge in [0.2, 0.25) is 5.91 Å². The van der Waals surface area contributed by atoms with Crippen molar-refractivity contribution in [3.05, 3.63) is 29.8 Å². The summed E-state index contributed by atoms with van der Waals surface area (Å²) in [6.45, 7) is 3.68. The molecule has 1 N–H and O–H groups in total. The lowest BCUT2D eigenvalue weighted by Crippen LogP contribution is -2.31. The number of hydrogen-bond donors (Lipinski definition) is 1. The molecule has 0 aromatic heterocycles. The number of ether oxygens (including phenoxy) is 1. The van der Waals surface area contributed by atoms with E-state index in [0.29, 0.717) is 13.0 Å². The molecular formula is C17H26N2O2. The monoisotopic (exact) mass is 290 g/mol. The Morgan fingerprint density at radius 1 is 1.19 bits per heavy atom. The molecule has 0 aliphatic carbocycles. The van der Waals surface area contributed by atoms with E-state index in [-0.39, 0.29) is 5.91 Å². The maximum Gasteiger partial charge on any atom is 0.221 e. The molecule has 0 radical (unpaired) electrons. The molecule has 1 saturated heterocycles. The van der Waals surface area contributed by atoms with E-state index in [2.05, 4.69) is 10.2 Å². The van der Waals surface area contributed by atoms with Crippen molar-refractivity contribution in [3.63, 3.8) is 0 Å². The van der Waals surface area contributed by atoms with Crippen LogP contribution in [0.3, 0.4) is 0 Å². The Bertz CT molecular complexity index is 440. The van der Waals surface area contributed by atoms with Gasteiger partial charge in [0.15, 0.2) is 0 Å². The van der Waals surface area contributed by atoms with Crippen LogP contribution in [-0.2, 0) is 11.3 Å². The van der Waals surface area contributed by atoms with Crippen molar-refractivity contribution < 1.29 is 9.53 Å². The van der Waals surface area contributed by atoms with E-state index in [0.717, 1.165) is 30.9 Å². The molecule has 1 fully saturated rings. The van der Waals surface area contributed by atoms with Crippen LogP contribution in [0.1, 0.15) is 37.7 Å². The number of carbonyl (C=O) groups is 1. The highest BCUT2D eigenvalue weighted by atomic mass is 16.5. The zero-order chi connectivity index (χ0) is 14.9. The number of carbonyl (C=O) groups excluding carboxylic acids is 1. The van der Waals surface area contributed by atoms with Gasteiger partial charge < -0.3 is 15.0 Å². The van der Waals surface area contributed by atoms with Crippen LogP contribution in [0.4, 0.5) is 0 Å². The highest BCUT2D eigenvalue weighted by Crippen LogP contribution is 2.16. The van der Waals surface area contributed by atoms with Crippen molar-refractivity contribution in [1.82, 2.24) is 10.2 Å². The van der Waals surface area contributed by atoms with E-state index in [4.69, 9.17) is 4.74 Å². The Morgan fingerprint density at radius 3 is 2.62 bits per heavy atom. The molecule has 0 spiro atoms. The van der Waals surface area contributed by atoms with Crippen LogP contribution in [0.2, 0.25) is 0 Å². The summed E-state index contributed by atoms with van der Waals surface area (Å²) in [5.41, 5.74) is 1.02. The first-order valence-electron chi connectivity index (χ1n) is 7.90. The second kappa shape index (κ2) is 8.67. The van der Waals surface area contributed by atoms with Gasteiger partial charge in [0, 0.05) is 25.1 Å². The summed E-state index contributed by atoms with van der Waals surface area (Å²) >= 11 is 0. The maximum absolute atomic E-state index is 12.0. The maximum atomic E-state index is 12.0. The molecule has 4 nitrogen and oxygen atoms in total. The summed E-state index contributed by atoms with van der Waals surface area (Å²) in [7, 11) is 1.65. The van der Waals surface area contributed by atoms with Crippen LogP contribution >= 0.6 is 0 Å². The number of para-hydroxylation sites is 1. The van der Waals surface area contributed by atoms with E-state index in [9.17, 15) is 4.79 Å². The van der Waals surface area contributed by atoms with Gasteiger partial charge in [0.1, 0.15) is 5.75 Å². The molecule has 116 valence electrons. The number of nitrogens with one attached hydrogen (secondary N) is 1. The van der Waals surface area contributed by atoms with E-state index >= 15 is 0 Å². The third-order valence-corrected chi connectivity index (χ3v) is 4.02. The third-order valence-electron chi connectivity index (χ3n) is 4.02. The zero-order valence-electron chi connectivity index (χ0n) is 12.9. The highest BCUT2D eigenvalue weighted by Gasteiger charge is 2.11. The molecule has 1 heterocycles. The van der Waals surface area contributed by atoms with Gasteiger partial charge in [0.05, 0.1) is 7.11 Å². The molecule has 1 aliphatic heterocycles. The normalized spacial score (nSPS) is 16.2. The van der Waals surface area contributed by atoms with Gasteiger partial charge in [-0.25, -0.2) is 0 Å². The molecular weight excluding hydrogens is 264 g/mol. The fraction of sp³-hybridized carbons (Fsp3) is 0.588. The van der Waals surface area contributed by atoms with Gasteiger partial charge >= 0.3 is 0 Å². The molecule has 21 heavy (non-hydrogen) atoms. The van der Waals surface area contributed by atoms with Crippen LogP contribution in [0.25, 0.3) is 0 Å². The number of likely N-dealkylation sites (tertiary alicyclic amines) is 1. The first-order chi connectivity index (χ1) is 10.3. The number of rotatable bonds is 6. The fourth-order valence-corrected chi connectivity index (χ4v) is 2.75. The Labute approximate surface area is 127 Å². The molecule has 0 unspecified atom stereocenters.